The molecule has 0 radical (unpaired) electrons. The third-order valence-corrected chi connectivity index (χ3v) is 5.07. The summed E-state index contributed by atoms with van der Waals surface area (Å²) >= 11 is 1.60. The van der Waals surface area contributed by atoms with Crippen LogP contribution >= 0.6 is 11.8 Å². The van der Waals surface area contributed by atoms with E-state index in [1.807, 2.05) is 0 Å². The molecule has 0 saturated heterocycles. The molecule has 1 aliphatic heterocycles. The number of amidine groups is 1. The Bertz CT molecular complexity index is 329. The molecule has 82 valence electrons. The van der Waals surface area contributed by atoms with Crippen LogP contribution in [0.1, 0.15) is 25.7 Å². The van der Waals surface area contributed by atoms with Crippen LogP contribution in [0, 0.1) is 11.8 Å². The standard InChI is InChI=1S/C11H16N2OS/c1-13(11-12-10(14)6-15-11)9-5-7-2-3-8(9)4-7/h7-9H,2-6H2,1H3. The first-order valence-corrected chi connectivity index (χ1v) is 6.70. The molecule has 3 unspecified atom stereocenters. The third-order valence-electron chi connectivity index (χ3n) is 4.05. The summed E-state index contributed by atoms with van der Waals surface area (Å²) in [4.78, 5) is 17.4. The van der Waals surface area contributed by atoms with Gasteiger partial charge in [-0.15, -0.1) is 0 Å². The second kappa shape index (κ2) is 3.51. The van der Waals surface area contributed by atoms with E-state index in [4.69, 9.17) is 0 Å². The highest BCUT2D eigenvalue weighted by Gasteiger charge is 2.42. The minimum atomic E-state index is 0.0324. The Kier molecular flexibility index (Phi) is 2.27. The molecule has 4 heteroatoms. The van der Waals surface area contributed by atoms with Gasteiger partial charge in [0.15, 0.2) is 5.17 Å². The van der Waals surface area contributed by atoms with Crippen molar-refractivity contribution in [1.82, 2.24) is 4.90 Å². The fraction of sp³-hybridized carbons (Fsp3) is 0.818. The minimum absolute atomic E-state index is 0.0324. The number of amides is 1. The Labute approximate surface area is 94.3 Å². The van der Waals surface area contributed by atoms with Crippen molar-refractivity contribution in [2.24, 2.45) is 16.8 Å². The van der Waals surface area contributed by atoms with E-state index in [0.29, 0.717) is 11.8 Å². The average Bonchev–Trinajstić information content (AvgIpc) is 2.90. The van der Waals surface area contributed by atoms with E-state index in [0.717, 1.165) is 17.0 Å². The van der Waals surface area contributed by atoms with Crippen LogP contribution in [0.3, 0.4) is 0 Å². The number of nitrogens with zero attached hydrogens (tertiary/aromatic N) is 2. The molecule has 3 aliphatic rings. The largest absolute Gasteiger partial charge is 0.351 e. The topological polar surface area (TPSA) is 32.7 Å². The van der Waals surface area contributed by atoms with Crippen LogP contribution in [0.25, 0.3) is 0 Å². The molecule has 0 aromatic rings. The predicted molar refractivity (Wildman–Crippen MR) is 61.9 cm³/mol. The highest BCUT2D eigenvalue weighted by molar-refractivity contribution is 8.14. The van der Waals surface area contributed by atoms with Crippen molar-refractivity contribution >= 4 is 22.8 Å². The maximum atomic E-state index is 11.1. The van der Waals surface area contributed by atoms with Crippen LogP contribution < -0.4 is 0 Å². The SMILES string of the molecule is CN(C1=NC(=O)CS1)C1CC2CCC1C2. The van der Waals surface area contributed by atoms with Crippen LogP contribution in [0.4, 0.5) is 0 Å². The summed E-state index contributed by atoms with van der Waals surface area (Å²) in [5.74, 6) is 2.38. The minimum Gasteiger partial charge on any atom is -0.351 e. The zero-order valence-electron chi connectivity index (χ0n) is 8.98. The van der Waals surface area contributed by atoms with Crippen molar-refractivity contribution in [3.8, 4) is 0 Å². The fourth-order valence-electron chi connectivity index (χ4n) is 3.31. The van der Waals surface area contributed by atoms with Gasteiger partial charge < -0.3 is 4.90 Å². The van der Waals surface area contributed by atoms with E-state index in [9.17, 15) is 4.79 Å². The summed E-state index contributed by atoms with van der Waals surface area (Å²) in [5.41, 5.74) is 0. The molecule has 2 fully saturated rings. The number of fused-ring (bicyclic) bond motifs is 2. The number of carbonyl (C=O) groups excluding carboxylic acids is 1. The lowest BCUT2D eigenvalue weighted by molar-refractivity contribution is -0.115. The van der Waals surface area contributed by atoms with Gasteiger partial charge in [0.05, 0.1) is 5.75 Å². The van der Waals surface area contributed by atoms with Crippen molar-refractivity contribution in [2.45, 2.75) is 31.7 Å². The molecule has 2 aliphatic carbocycles. The summed E-state index contributed by atoms with van der Waals surface area (Å²) in [7, 11) is 2.11. The Hall–Kier alpha value is -0.510. The lowest BCUT2D eigenvalue weighted by atomic mass is 9.95. The van der Waals surface area contributed by atoms with Crippen LogP contribution in [0.15, 0.2) is 4.99 Å². The number of hydrogen-bond acceptors (Lipinski definition) is 3. The van der Waals surface area contributed by atoms with E-state index in [1.54, 1.807) is 11.8 Å². The first kappa shape index (κ1) is 9.70. The number of carbonyl (C=O) groups is 1. The van der Waals surface area contributed by atoms with Crippen molar-refractivity contribution < 1.29 is 4.79 Å². The smallest absolute Gasteiger partial charge is 0.258 e. The van der Waals surface area contributed by atoms with E-state index < -0.39 is 0 Å². The summed E-state index contributed by atoms with van der Waals surface area (Å²) < 4.78 is 0. The van der Waals surface area contributed by atoms with Gasteiger partial charge in [-0.1, -0.05) is 18.2 Å². The van der Waals surface area contributed by atoms with E-state index in [1.165, 1.54) is 25.7 Å². The van der Waals surface area contributed by atoms with Crippen molar-refractivity contribution in [3.05, 3.63) is 0 Å². The summed E-state index contributed by atoms with van der Waals surface area (Å²) in [6.07, 6.45) is 5.52. The number of rotatable bonds is 1. The molecule has 1 heterocycles. The summed E-state index contributed by atoms with van der Waals surface area (Å²) in [6, 6.07) is 0.654. The lowest BCUT2D eigenvalue weighted by Crippen LogP contribution is -2.38. The highest BCUT2D eigenvalue weighted by Crippen LogP contribution is 2.46. The Morgan fingerprint density at radius 2 is 2.27 bits per heavy atom. The number of hydrogen-bond donors (Lipinski definition) is 0. The van der Waals surface area contributed by atoms with E-state index >= 15 is 0 Å². The molecule has 0 N–H and O–H groups in total. The zero-order chi connectivity index (χ0) is 10.4. The molecule has 0 spiro atoms. The van der Waals surface area contributed by atoms with Crippen LogP contribution in [0.2, 0.25) is 0 Å². The fourth-order valence-corrected chi connectivity index (χ4v) is 4.13. The quantitative estimate of drug-likeness (QED) is 0.680. The maximum Gasteiger partial charge on any atom is 0.258 e. The zero-order valence-corrected chi connectivity index (χ0v) is 9.80. The van der Waals surface area contributed by atoms with Crippen LogP contribution in [-0.4, -0.2) is 34.8 Å². The van der Waals surface area contributed by atoms with Crippen molar-refractivity contribution in [1.29, 1.82) is 0 Å². The molecule has 3 atom stereocenters. The van der Waals surface area contributed by atoms with E-state index in [-0.39, 0.29) is 5.91 Å². The number of aliphatic imine (C=N–C) groups is 1. The average molecular weight is 224 g/mol. The molecule has 3 rings (SSSR count). The monoisotopic (exact) mass is 224 g/mol. The van der Waals surface area contributed by atoms with Crippen LogP contribution in [0.5, 0.6) is 0 Å². The van der Waals surface area contributed by atoms with Gasteiger partial charge in [-0.25, -0.2) is 0 Å². The molecule has 0 aromatic heterocycles. The summed E-state index contributed by atoms with van der Waals surface area (Å²) in [5, 5.41) is 0.956. The molecular weight excluding hydrogens is 208 g/mol. The molecule has 15 heavy (non-hydrogen) atoms. The van der Waals surface area contributed by atoms with Gasteiger partial charge in [0.2, 0.25) is 0 Å². The van der Waals surface area contributed by atoms with Crippen LogP contribution in [-0.2, 0) is 4.79 Å². The predicted octanol–water partition coefficient (Wildman–Crippen LogP) is 1.74. The Morgan fingerprint density at radius 3 is 2.80 bits per heavy atom. The van der Waals surface area contributed by atoms with Gasteiger partial charge in [0.1, 0.15) is 0 Å². The Balaban J connectivity index is 1.72. The highest BCUT2D eigenvalue weighted by atomic mass is 32.2. The van der Waals surface area contributed by atoms with Crippen molar-refractivity contribution in [3.63, 3.8) is 0 Å². The number of thioether (sulfide) groups is 1. The molecule has 2 saturated carbocycles. The van der Waals surface area contributed by atoms with Gasteiger partial charge in [-0.2, -0.15) is 4.99 Å². The molecule has 0 aromatic carbocycles. The second-order valence-electron chi connectivity index (χ2n) is 4.93. The second-order valence-corrected chi connectivity index (χ2v) is 5.87. The molecule has 2 bridgehead atoms. The van der Waals surface area contributed by atoms with Gasteiger partial charge in [0, 0.05) is 13.1 Å². The summed E-state index contributed by atoms with van der Waals surface area (Å²) in [6.45, 7) is 0. The lowest BCUT2D eigenvalue weighted by Gasteiger charge is -2.32. The van der Waals surface area contributed by atoms with Gasteiger partial charge >= 0.3 is 0 Å². The maximum absolute atomic E-state index is 11.1. The van der Waals surface area contributed by atoms with Gasteiger partial charge in [0.25, 0.3) is 5.91 Å². The Morgan fingerprint density at radius 1 is 1.40 bits per heavy atom. The van der Waals surface area contributed by atoms with E-state index in [2.05, 4.69) is 16.9 Å². The van der Waals surface area contributed by atoms with Gasteiger partial charge in [-0.05, 0) is 31.1 Å². The first-order valence-electron chi connectivity index (χ1n) is 5.71. The molecule has 3 nitrogen and oxygen atoms in total. The van der Waals surface area contributed by atoms with Gasteiger partial charge in [-0.3, -0.25) is 4.79 Å². The first-order chi connectivity index (χ1) is 7.24. The molecular formula is C11H16N2OS. The molecule has 1 amide bonds. The normalized spacial score (nSPS) is 38.6. The third kappa shape index (κ3) is 1.59. The van der Waals surface area contributed by atoms with Crippen molar-refractivity contribution in [2.75, 3.05) is 12.8 Å².